The van der Waals surface area contributed by atoms with Crippen molar-refractivity contribution in [3.63, 3.8) is 0 Å². The van der Waals surface area contributed by atoms with Crippen LogP contribution in [-0.4, -0.2) is 29.6 Å². The van der Waals surface area contributed by atoms with Crippen LogP contribution >= 0.6 is 0 Å². The fourth-order valence-corrected chi connectivity index (χ4v) is 4.92. The Kier molecular flexibility index (Phi) is 5.46. The Balaban J connectivity index is 1.61. The van der Waals surface area contributed by atoms with Crippen molar-refractivity contribution in [2.75, 3.05) is 12.8 Å². The van der Waals surface area contributed by atoms with Crippen molar-refractivity contribution >= 4 is 11.6 Å². The standard InChI is InChI=1S/C23H28FN3O2/c1-29-21-14-18(25)10-11-20(21)22(28)26-23-12-2-4-19(5-3-13-23)27(23)15-16-6-8-17(24)9-7-16/h6-11,14,19H,2-5,12-13,15,25H2,1H3,(H,26,28). The molecule has 154 valence electrons. The molecule has 0 aliphatic carbocycles. The Labute approximate surface area is 171 Å². The average molecular weight is 397 g/mol. The minimum absolute atomic E-state index is 0.145. The fourth-order valence-electron chi connectivity index (χ4n) is 4.92. The van der Waals surface area contributed by atoms with Crippen LogP contribution in [0.25, 0.3) is 0 Å². The van der Waals surface area contributed by atoms with E-state index in [9.17, 15) is 9.18 Å². The van der Waals surface area contributed by atoms with Gasteiger partial charge in [-0.3, -0.25) is 9.69 Å². The van der Waals surface area contributed by atoms with Gasteiger partial charge in [0.15, 0.2) is 0 Å². The molecule has 29 heavy (non-hydrogen) atoms. The normalized spacial score (nSPS) is 24.1. The molecular weight excluding hydrogens is 369 g/mol. The van der Waals surface area contributed by atoms with Crippen molar-refractivity contribution in [3.05, 3.63) is 59.4 Å². The zero-order chi connectivity index (χ0) is 20.4. The molecule has 1 amide bonds. The van der Waals surface area contributed by atoms with Gasteiger partial charge in [-0.15, -0.1) is 0 Å². The van der Waals surface area contributed by atoms with Crippen LogP contribution in [0.2, 0.25) is 0 Å². The molecule has 2 fully saturated rings. The number of nitrogens with one attached hydrogen (secondary N) is 1. The zero-order valence-electron chi connectivity index (χ0n) is 16.8. The minimum atomic E-state index is -0.390. The molecule has 6 heteroatoms. The molecule has 4 rings (SSSR count). The van der Waals surface area contributed by atoms with Gasteiger partial charge in [0.1, 0.15) is 11.6 Å². The first-order valence-electron chi connectivity index (χ1n) is 10.3. The van der Waals surface area contributed by atoms with Crippen LogP contribution in [0.15, 0.2) is 42.5 Å². The van der Waals surface area contributed by atoms with Crippen LogP contribution in [0.4, 0.5) is 10.1 Å². The van der Waals surface area contributed by atoms with Crippen molar-refractivity contribution in [2.24, 2.45) is 0 Å². The van der Waals surface area contributed by atoms with Crippen molar-refractivity contribution in [3.8, 4) is 5.75 Å². The lowest BCUT2D eigenvalue weighted by atomic mass is 9.79. The highest BCUT2D eigenvalue weighted by molar-refractivity contribution is 5.97. The number of fused-ring (bicyclic) bond motifs is 2. The Bertz CT molecular complexity index is 874. The number of carbonyl (C=O) groups excluding carboxylic acids is 1. The number of benzene rings is 2. The molecule has 0 unspecified atom stereocenters. The van der Waals surface area contributed by atoms with Gasteiger partial charge < -0.3 is 15.8 Å². The maximum absolute atomic E-state index is 13.3. The maximum atomic E-state index is 13.3. The van der Waals surface area contributed by atoms with E-state index in [1.165, 1.54) is 12.1 Å². The molecule has 2 aromatic rings. The van der Waals surface area contributed by atoms with Crippen molar-refractivity contribution in [1.82, 2.24) is 10.2 Å². The molecule has 2 aliphatic heterocycles. The summed E-state index contributed by atoms with van der Waals surface area (Å²) in [5, 5.41) is 3.35. The van der Waals surface area contributed by atoms with Gasteiger partial charge in [-0.1, -0.05) is 12.1 Å². The van der Waals surface area contributed by atoms with E-state index in [-0.39, 0.29) is 17.4 Å². The highest BCUT2D eigenvalue weighted by atomic mass is 19.1. The molecule has 2 heterocycles. The van der Waals surface area contributed by atoms with Gasteiger partial charge in [-0.05, 0) is 68.4 Å². The number of ether oxygens (including phenoxy) is 1. The molecule has 2 aromatic carbocycles. The second kappa shape index (κ2) is 8.03. The summed E-state index contributed by atoms with van der Waals surface area (Å²) in [6, 6.07) is 12.2. The first-order chi connectivity index (χ1) is 14.0. The van der Waals surface area contributed by atoms with E-state index in [0.717, 1.165) is 44.1 Å². The van der Waals surface area contributed by atoms with Crippen molar-refractivity contribution < 1.29 is 13.9 Å². The van der Waals surface area contributed by atoms with Crippen LogP contribution in [-0.2, 0) is 6.54 Å². The number of anilines is 1. The molecule has 0 spiro atoms. The molecule has 0 saturated carbocycles. The number of hydrogen-bond acceptors (Lipinski definition) is 4. The third-order valence-electron chi connectivity index (χ3n) is 6.33. The van der Waals surface area contributed by atoms with E-state index in [2.05, 4.69) is 10.2 Å². The number of amides is 1. The number of nitrogens with two attached hydrogens (primary N) is 1. The van der Waals surface area contributed by atoms with Crippen LogP contribution in [0.5, 0.6) is 5.75 Å². The first kappa shape index (κ1) is 19.7. The number of piperidine rings is 2. The summed E-state index contributed by atoms with van der Waals surface area (Å²) in [5.41, 5.74) is 7.56. The number of carbonyl (C=O) groups is 1. The van der Waals surface area contributed by atoms with E-state index < -0.39 is 0 Å². The van der Waals surface area contributed by atoms with Gasteiger partial charge in [-0.2, -0.15) is 0 Å². The SMILES string of the molecule is COc1cc(N)ccc1C(=O)NC12CCCC(CCC1)N2Cc1ccc(F)cc1. The largest absolute Gasteiger partial charge is 0.496 e. The monoisotopic (exact) mass is 397 g/mol. The molecule has 0 radical (unpaired) electrons. The zero-order valence-corrected chi connectivity index (χ0v) is 16.8. The molecule has 3 N–H and O–H groups in total. The highest BCUT2D eigenvalue weighted by Gasteiger charge is 2.47. The summed E-state index contributed by atoms with van der Waals surface area (Å²) in [5.74, 6) is 0.103. The first-order valence-corrected chi connectivity index (χ1v) is 10.3. The second-order valence-electron chi connectivity index (χ2n) is 8.14. The van der Waals surface area contributed by atoms with E-state index in [1.807, 2.05) is 12.1 Å². The maximum Gasteiger partial charge on any atom is 0.256 e. The molecule has 5 nitrogen and oxygen atoms in total. The number of hydrogen-bond donors (Lipinski definition) is 2. The summed E-state index contributed by atoms with van der Waals surface area (Å²) in [6.45, 7) is 0.699. The summed E-state index contributed by atoms with van der Waals surface area (Å²) < 4.78 is 18.7. The summed E-state index contributed by atoms with van der Waals surface area (Å²) in [4.78, 5) is 15.7. The third-order valence-corrected chi connectivity index (χ3v) is 6.33. The quantitative estimate of drug-likeness (QED) is 0.746. The van der Waals surface area contributed by atoms with Crippen LogP contribution in [0.3, 0.4) is 0 Å². The minimum Gasteiger partial charge on any atom is -0.496 e. The molecule has 2 bridgehead atoms. The van der Waals surface area contributed by atoms with E-state index in [1.54, 1.807) is 25.3 Å². The van der Waals surface area contributed by atoms with Crippen molar-refractivity contribution in [2.45, 2.75) is 56.8 Å². The lowest BCUT2D eigenvalue weighted by Gasteiger charge is -2.55. The lowest BCUT2D eigenvalue weighted by Crippen LogP contribution is -2.67. The number of nitrogen functional groups attached to an aromatic ring is 1. The fraction of sp³-hybridized carbons (Fsp3) is 0.435. The van der Waals surface area contributed by atoms with Crippen LogP contribution in [0.1, 0.15) is 54.4 Å². The summed E-state index contributed by atoms with van der Waals surface area (Å²) >= 11 is 0. The van der Waals surface area contributed by atoms with Crippen LogP contribution < -0.4 is 15.8 Å². The summed E-state index contributed by atoms with van der Waals surface area (Å²) in [7, 11) is 1.54. The van der Waals surface area contributed by atoms with Gasteiger partial charge in [-0.25, -0.2) is 4.39 Å². The molecule has 0 atom stereocenters. The molecule has 2 aliphatic rings. The molecular formula is C23H28FN3O2. The Morgan fingerprint density at radius 1 is 1.21 bits per heavy atom. The summed E-state index contributed by atoms with van der Waals surface area (Å²) in [6.07, 6.45) is 6.25. The average Bonchev–Trinajstić information content (AvgIpc) is 2.70. The molecule has 0 aromatic heterocycles. The van der Waals surface area contributed by atoms with Gasteiger partial charge in [0.05, 0.1) is 18.3 Å². The predicted octanol–water partition coefficient (Wildman–Crippen LogP) is 4.08. The predicted molar refractivity (Wildman–Crippen MR) is 111 cm³/mol. The highest BCUT2D eigenvalue weighted by Crippen LogP contribution is 2.41. The number of nitrogens with zero attached hydrogens (tertiary/aromatic N) is 1. The molecule has 2 saturated heterocycles. The number of methoxy groups -OCH3 is 1. The number of rotatable bonds is 5. The second-order valence-corrected chi connectivity index (χ2v) is 8.14. The Hall–Kier alpha value is -2.60. The van der Waals surface area contributed by atoms with Gasteiger partial charge >= 0.3 is 0 Å². The van der Waals surface area contributed by atoms with Crippen LogP contribution in [0, 0.1) is 5.82 Å². The van der Waals surface area contributed by atoms with E-state index in [0.29, 0.717) is 29.6 Å². The smallest absolute Gasteiger partial charge is 0.256 e. The van der Waals surface area contributed by atoms with Crippen molar-refractivity contribution in [1.29, 1.82) is 0 Å². The van der Waals surface area contributed by atoms with Gasteiger partial charge in [0.25, 0.3) is 5.91 Å². The van der Waals surface area contributed by atoms with Gasteiger partial charge in [0.2, 0.25) is 0 Å². The Morgan fingerprint density at radius 2 is 1.90 bits per heavy atom. The van der Waals surface area contributed by atoms with Gasteiger partial charge in [0, 0.05) is 24.3 Å². The van der Waals surface area contributed by atoms with E-state index in [4.69, 9.17) is 10.5 Å². The van der Waals surface area contributed by atoms with E-state index >= 15 is 0 Å². The topological polar surface area (TPSA) is 67.6 Å². The Morgan fingerprint density at radius 3 is 2.55 bits per heavy atom. The number of halogens is 1. The lowest BCUT2D eigenvalue weighted by molar-refractivity contribution is -0.0623. The third kappa shape index (κ3) is 3.94.